The third-order valence-electron chi connectivity index (χ3n) is 4.48. The molecule has 3 rings (SSSR count). The molecule has 9 heteroatoms. The van der Waals surface area contributed by atoms with Crippen LogP contribution < -0.4 is 15.4 Å². The molecule has 1 fully saturated rings. The van der Waals surface area contributed by atoms with Crippen LogP contribution in [0.15, 0.2) is 24.4 Å². The molecule has 0 radical (unpaired) electrons. The highest BCUT2D eigenvalue weighted by Gasteiger charge is 2.23. The summed E-state index contributed by atoms with van der Waals surface area (Å²) in [6, 6.07) is 5.10. The molecule has 2 amide bonds. The van der Waals surface area contributed by atoms with Crippen molar-refractivity contribution in [2.24, 2.45) is 0 Å². The Labute approximate surface area is 168 Å². The van der Waals surface area contributed by atoms with Gasteiger partial charge in [-0.15, -0.1) is 0 Å². The van der Waals surface area contributed by atoms with E-state index in [4.69, 9.17) is 21.4 Å². The molecule has 1 aromatic carbocycles. The van der Waals surface area contributed by atoms with Gasteiger partial charge in [-0.1, -0.05) is 36.9 Å². The number of nitrogens with zero attached hydrogens (tertiary/aromatic N) is 1. The lowest BCUT2D eigenvalue weighted by atomic mass is 9.95. The number of aromatic nitrogens is 2. The summed E-state index contributed by atoms with van der Waals surface area (Å²) in [6.07, 6.45) is 6.78. The van der Waals surface area contributed by atoms with Crippen LogP contribution in [0.25, 0.3) is 0 Å². The summed E-state index contributed by atoms with van der Waals surface area (Å²) >= 11 is 6.13. The number of hydrogen-bond donors (Lipinski definition) is 4. The van der Waals surface area contributed by atoms with E-state index in [2.05, 4.69) is 20.8 Å². The zero-order chi connectivity index (χ0) is 20.5. The van der Waals surface area contributed by atoms with Crippen LogP contribution in [0.4, 0.5) is 5.69 Å². The molecular weight excluding hydrogens is 384 g/mol. The number of anilines is 1. The minimum Gasteiger partial charge on any atom is -0.496 e. The summed E-state index contributed by atoms with van der Waals surface area (Å²) in [7, 11) is 2.46. The van der Waals surface area contributed by atoms with Crippen molar-refractivity contribution in [1.82, 2.24) is 15.5 Å². The van der Waals surface area contributed by atoms with Crippen molar-refractivity contribution in [2.75, 3.05) is 19.5 Å². The van der Waals surface area contributed by atoms with Gasteiger partial charge in [0.25, 0.3) is 11.8 Å². The van der Waals surface area contributed by atoms with Gasteiger partial charge in [0.2, 0.25) is 0 Å². The van der Waals surface area contributed by atoms with Crippen LogP contribution in [0.1, 0.15) is 53.0 Å². The van der Waals surface area contributed by atoms with E-state index in [1.165, 1.54) is 19.7 Å². The van der Waals surface area contributed by atoms with Crippen molar-refractivity contribution in [3.63, 3.8) is 0 Å². The number of nitrogens with one attached hydrogen (secondary N) is 3. The molecule has 1 saturated carbocycles. The molecule has 8 nitrogen and oxygen atoms in total. The number of rotatable bonds is 5. The van der Waals surface area contributed by atoms with Gasteiger partial charge in [-0.05, 0) is 25.0 Å². The summed E-state index contributed by atoms with van der Waals surface area (Å²) in [5, 5.41) is 19.5. The highest BCUT2D eigenvalue weighted by molar-refractivity contribution is 6.35. The lowest BCUT2D eigenvalue weighted by Crippen LogP contribution is -2.36. The predicted octanol–water partition coefficient (Wildman–Crippen LogP) is 3.00. The zero-order valence-electron chi connectivity index (χ0n) is 15.9. The normalized spacial score (nSPS) is 13.9. The number of carbonyl (C=O) groups excluding carboxylic acids is 2. The number of halogens is 1. The molecule has 152 valence electrons. The minimum atomic E-state index is -0.472. The smallest absolute Gasteiger partial charge is 0.271 e. The van der Waals surface area contributed by atoms with E-state index in [0.717, 1.165) is 32.8 Å². The van der Waals surface area contributed by atoms with E-state index in [9.17, 15) is 9.59 Å². The van der Waals surface area contributed by atoms with Gasteiger partial charge < -0.3 is 20.5 Å². The molecule has 1 aromatic heterocycles. The number of methoxy groups -OCH3 is 1. The molecule has 0 spiro atoms. The van der Waals surface area contributed by atoms with Crippen molar-refractivity contribution in [3.05, 3.63) is 40.7 Å². The van der Waals surface area contributed by atoms with Gasteiger partial charge in [0.05, 0.1) is 24.0 Å². The number of carbonyl (C=O) groups is 2. The quantitative estimate of drug-likeness (QED) is 0.606. The molecule has 2 aromatic rings. The summed E-state index contributed by atoms with van der Waals surface area (Å²) in [5.41, 5.74) is 0.719. The van der Waals surface area contributed by atoms with E-state index >= 15 is 0 Å². The Morgan fingerprint density at radius 1 is 1.21 bits per heavy atom. The Bertz CT molecular complexity index is 803. The number of aliphatic hydroxyl groups is 1. The monoisotopic (exact) mass is 408 g/mol. The number of benzene rings is 1. The molecule has 0 saturated heterocycles. The predicted molar refractivity (Wildman–Crippen MR) is 107 cm³/mol. The number of hydrogen-bond acceptors (Lipinski definition) is 5. The Balaban J connectivity index is 0.00000136. The Morgan fingerprint density at radius 2 is 1.93 bits per heavy atom. The Kier molecular flexibility index (Phi) is 8.28. The first-order valence-corrected chi connectivity index (χ1v) is 9.40. The van der Waals surface area contributed by atoms with Crippen molar-refractivity contribution >= 4 is 29.1 Å². The highest BCUT2D eigenvalue weighted by Crippen LogP contribution is 2.27. The maximum Gasteiger partial charge on any atom is 0.271 e. The Morgan fingerprint density at radius 3 is 2.61 bits per heavy atom. The number of H-pyrrole nitrogens is 1. The van der Waals surface area contributed by atoms with E-state index in [0.29, 0.717) is 11.4 Å². The standard InChI is InChI=1S/C18H21ClN4O3.CH4O/c1-26-14-9-5-8-12(19)15(14)17(24)22-13-10-20-23-16(13)18(25)21-11-6-3-2-4-7-11;1-2/h5,8-11H,2-4,6-7H2,1H3,(H,20,23)(H,21,25)(H,22,24);2H,1H3. The summed E-state index contributed by atoms with van der Waals surface area (Å²) in [6.45, 7) is 0. The highest BCUT2D eigenvalue weighted by atomic mass is 35.5. The molecule has 0 bridgehead atoms. The van der Waals surface area contributed by atoms with E-state index < -0.39 is 5.91 Å². The van der Waals surface area contributed by atoms with Crippen LogP contribution in [0.2, 0.25) is 5.02 Å². The van der Waals surface area contributed by atoms with Crippen LogP contribution in [-0.4, -0.2) is 47.4 Å². The van der Waals surface area contributed by atoms with Crippen molar-refractivity contribution in [3.8, 4) is 5.75 Å². The van der Waals surface area contributed by atoms with Gasteiger partial charge in [-0.2, -0.15) is 5.10 Å². The minimum absolute atomic E-state index is 0.159. The lowest BCUT2D eigenvalue weighted by molar-refractivity contribution is 0.0923. The summed E-state index contributed by atoms with van der Waals surface area (Å²) in [5.74, 6) is -0.400. The largest absolute Gasteiger partial charge is 0.496 e. The second-order valence-corrected chi connectivity index (χ2v) is 6.65. The average molecular weight is 409 g/mol. The molecular formula is C19H25ClN4O4. The van der Waals surface area contributed by atoms with Gasteiger partial charge in [-0.25, -0.2) is 0 Å². The van der Waals surface area contributed by atoms with Crippen LogP contribution in [-0.2, 0) is 0 Å². The van der Waals surface area contributed by atoms with Gasteiger partial charge in [0, 0.05) is 13.2 Å². The van der Waals surface area contributed by atoms with Crippen LogP contribution >= 0.6 is 11.6 Å². The fourth-order valence-corrected chi connectivity index (χ4v) is 3.39. The summed E-state index contributed by atoms with van der Waals surface area (Å²) < 4.78 is 5.20. The average Bonchev–Trinajstić information content (AvgIpc) is 3.18. The van der Waals surface area contributed by atoms with Crippen molar-refractivity contribution in [2.45, 2.75) is 38.1 Å². The number of aliphatic hydroxyl groups excluding tert-OH is 1. The second-order valence-electron chi connectivity index (χ2n) is 6.24. The second kappa shape index (κ2) is 10.7. The first-order chi connectivity index (χ1) is 13.6. The Hall–Kier alpha value is -2.58. The lowest BCUT2D eigenvalue weighted by Gasteiger charge is -2.22. The third-order valence-corrected chi connectivity index (χ3v) is 4.79. The fraction of sp³-hybridized carbons (Fsp3) is 0.421. The number of aromatic amines is 1. The topological polar surface area (TPSA) is 116 Å². The van der Waals surface area contributed by atoms with E-state index in [1.807, 2.05) is 0 Å². The molecule has 4 N–H and O–H groups in total. The van der Waals surface area contributed by atoms with Gasteiger partial charge in [0.1, 0.15) is 17.0 Å². The molecule has 1 heterocycles. The van der Waals surface area contributed by atoms with Crippen molar-refractivity contribution in [1.29, 1.82) is 0 Å². The van der Waals surface area contributed by atoms with Gasteiger partial charge in [0.15, 0.2) is 0 Å². The van der Waals surface area contributed by atoms with Gasteiger partial charge >= 0.3 is 0 Å². The van der Waals surface area contributed by atoms with Crippen molar-refractivity contribution < 1.29 is 19.4 Å². The third kappa shape index (κ3) is 5.24. The zero-order valence-corrected chi connectivity index (χ0v) is 16.7. The number of ether oxygens (including phenoxy) is 1. The first-order valence-electron chi connectivity index (χ1n) is 9.03. The SMILES string of the molecule is CO.COc1cccc(Cl)c1C(=O)Nc1cn[nH]c1C(=O)NC1CCCCC1. The maximum atomic E-state index is 12.6. The molecule has 1 aliphatic carbocycles. The summed E-state index contributed by atoms with van der Waals surface area (Å²) in [4.78, 5) is 25.1. The van der Waals surface area contributed by atoms with Crippen LogP contribution in [0.5, 0.6) is 5.75 Å². The molecule has 0 aliphatic heterocycles. The molecule has 0 atom stereocenters. The molecule has 28 heavy (non-hydrogen) atoms. The van der Waals surface area contributed by atoms with E-state index in [1.54, 1.807) is 18.2 Å². The fourth-order valence-electron chi connectivity index (χ4n) is 3.14. The number of amides is 2. The first kappa shape index (κ1) is 21.7. The van der Waals surface area contributed by atoms with Gasteiger partial charge in [-0.3, -0.25) is 14.7 Å². The molecule has 0 unspecified atom stereocenters. The maximum absolute atomic E-state index is 12.6. The van der Waals surface area contributed by atoms with E-state index in [-0.39, 0.29) is 28.2 Å². The molecule has 1 aliphatic rings. The van der Waals surface area contributed by atoms with Crippen LogP contribution in [0.3, 0.4) is 0 Å². The van der Waals surface area contributed by atoms with Crippen LogP contribution in [0, 0.1) is 0 Å².